The summed E-state index contributed by atoms with van der Waals surface area (Å²) in [5, 5.41) is 8.91. The average Bonchev–Trinajstić information content (AvgIpc) is 2.30. The fourth-order valence-corrected chi connectivity index (χ4v) is 1.31. The van der Waals surface area contributed by atoms with E-state index in [9.17, 15) is 8.78 Å². The SMILES string of the molecule is N#Cc1ccc(OCCOCC(F)F)c(Cl)c1. The maximum absolute atomic E-state index is 11.7. The van der Waals surface area contributed by atoms with Crippen molar-refractivity contribution in [2.75, 3.05) is 19.8 Å². The zero-order valence-electron chi connectivity index (χ0n) is 8.83. The van der Waals surface area contributed by atoms with Crippen molar-refractivity contribution in [3.05, 3.63) is 28.8 Å². The lowest BCUT2D eigenvalue weighted by Gasteiger charge is -2.08. The number of halogens is 3. The molecule has 0 fully saturated rings. The molecule has 0 atom stereocenters. The first-order valence-electron chi connectivity index (χ1n) is 4.82. The van der Waals surface area contributed by atoms with E-state index in [1.165, 1.54) is 6.07 Å². The number of alkyl halides is 2. The van der Waals surface area contributed by atoms with Crippen LogP contribution in [0.4, 0.5) is 8.78 Å². The number of nitrogens with zero attached hydrogens (tertiary/aromatic N) is 1. The zero-order chi connectivity index (χ0) is 12.7. The van der Waals surface area contributed by atoms with Gasteiger partial charge in [-0.15, -0.1) is 0 Å². The second-order valence-corrected chi connectivity index (χ2v) is 3.48. The third-order valence-corrected chi connectivity index (χ3v) is 2.09. The Bertz CT molecular complexity index is 407. The third kappa shape index (κ3) is 4.98. The van der Waals surface area contributed by atoms with Crippen LogP contribution in [0.15, 0.2) is 18.2 Å². The topological polar surface area (TPSA) is 42.2 Å². The Morgan fingerprint density at radius 2 is 2.12 bits per heavy atom. The van der Waals surface area contributed by atoms with Crippen LogP contribution in [0.1, 0.15) is 5.56 Å². The lowest BCUT2D eigenvalue weighted by molar-refractivity contribution is 0.00764. The Kier molecular flexibility index (Phi) is 5.67. The van der Waals surface area contributed by atoms with Gasteiger partial charge in [0.1, 0.15) is 19.0 Å². The molecule has 0 amide bonds. The Labute approximate surface area is 103 Å². The van der Waals surface area contributed by atoms with Crippen molar-refractivity contribution in [1.29, 1.82) is 5.26 Å². The molecule has 17 heavy (non-hydrogen) atoms. The Balaban J connectivity index is 2.35. The second kappa shape index (κ2) is 7.05. The molecule has 0 aliphatic heterocycles. The molecule has 1 aromatic carbocycles. The minimum Gasteiger partial charge on any atom is -0.490 e. The molecule has 1 aromatic rings. The van der Waals surface area contributed by atoms with Crippen molar-refractivity contribution in [3.63, 3.8) is 0 Å². The summed E-state index contributed by atoms with van der Waals surface area (Å²) < 4.78 is 33.3. The third-order valence-electron chi connectivity index (χ3n) is 1.79. The Morgan fingerprint density at radius 3 is 2.71 bits per heavy atom. The summed E-state index contributed by atoms with van der Waals surface area (Å²) in [6.07, 6.45) is -2.48. The molecule has 0 bridgehead atoms. The van der Waals surface area contributed by atoms with Gasteiger partial charge in [0.2, 0.25) is 0 Å². The number of benzene rings is 1. The average molecular weight is 262 g/mol. The van der Waals surface area contributed by atoms with Gasteiger partial charge in [-0.3, -0.25) is 0 Å². The number of hydrogen-bond acceptors (Lipinski definition) is 3. The molecule has 0 unspecified atom stereocenters. The molecule has 0 aliphatic rings. The number of hydrogen-bond donors (Lipinski definition) is 0. The van der Waals surface area contributed by atoms with Crippen LogP contribution >= 0.6 is 11.6 Å². The molecular weight excluding hydrogens is 252 g/mol. The maximum atomic E-state index is 11.7. The quantitative estimate of drug-likeness (QED) is 0.740. The zero-order valence-corrected chi connectivity index (χ0v) is 9.58. The van der Waals surface area contributed by atoms with Gasteiger partial charge >= 0.3 is 0 Å². The highest BCUT2D eigenvalue weighted by atomic mass is 35.5. The molecule has 0 aliphatic carbocycles. The first kappa shape index (κ1) is 13.7. The van der Waals surface area contributed by atoms with E-state index in [2.05, 4.69) is 4.74 Å². The van der Waals surface area contributed by atoms with Gasteiger partial charge in [0, 0.05) is 0 Å². The van der Waals surface area contributed by atoms with Crippen LogP contribution in [0, 0.1) is 11.3 Å². The van der Waals surface area contributed by atoms with E-state index in [0.29, 0.717) is 16.3 Å². The summed E-state index contributed by atoms with van der Waals surface area (Å²) >= 11 is 5.83. The van der Waals surface area contributed by atoms with E-state index >= 15 is 0 Å². The predicted molar refractivity (Wildman–Crippen MR) is 58.5 cm³/mol. The lowest BCUT2D eigenvalue weighted by atomic mass is 10.2. The molecule has 6 heteroatoms. The Hall–Kier alpha value is -1.38. The van der Waals surface area contributed by atoms with Crippen LogP contribution in [0.25, 0.3) is 0 Å². The van der Waals surface area contributed by atoms with Gasteiger partial charge in [-0.2, -0.15) is 5.26 Å². The fourth-order valence-electron chi connectivity index (χ4n) is 1.07. The summed E-state index contributed by atoms with van der Waals surface area (Å²) in [4.78, 5) is 0. The molecule has 0 aromatic heterocycles. The van der Waals surface area contributed by atoms with E-state index in [-0.39, 0.29) is 13.2 Å². The smallest absolute Gasteiger partial charge is 0.261 e. The van der Waals surface area contributed by atoms with Gasteiger partial charge < -0.3 is 9.47 Å². The minimum absolute atomic E-state index is 0.0562. The molecule has 1 rings (SSSR count). The standard InChI is InChI=1S/C11H10ClF2NO2/c12-9-5-8(6-15)1-2-10(9)17-4-3-16-7-11(13)14/h1-2,5,11H,3-4,7H2. The van der Waals surface area contributed by atoms with Crippen LogP contribution in [-0.4, -0.2) is 26.2 Å². The van der Waals surface area contributed by atoms with Gasteiger partial charge in [0.25, 0.3) is 6.43 Å². The number of nitriles is 1. The van der Waals surface area contributed by atoms with Crippen molar-refractivity contribution in [2.24, 2.45) is 0 Å². The van der Waals surface area contributed by atoms with E-state index in [0.717, 1.165) is 0 Å². The summed E-state index contributed by atoms with van der Waals surface area (Å²) in [5.74, 6) is 0.395. The molecule has 0 spiro atoms. The molecule has 0 heterocycles. The molecule has 92 valence electrons. The van der Waals surface area contributed by atoms with Crippen LogP contribution in [0.3, 0.4) is 0 Å². The van der Waals surface area contributed by atoms with Gasteiger partial charge in [0.05, 0.1) is 23.3 Å². The van der Waals surface area contributed by atoms with Gasteiger partial charge in [-0.25, -0.2) is 8.78 Å². The first-order chi connectivity index (χ1) is 8.13. The van der Waals surface area contributed by atoms with Gasteiger partial charge in [-0.05, 0) is 18.2 Å². The largest absolute Gasteiger partial charge is 0.490 e. The molecule has 0 saturated carbocycles. The minimum atomic E-state index is -2.48. The summed E-state index contributed by atoms with van der Waals surface area (Å²) in [7, 11) is 0. The van der Waals surface area contributed by atoms with Crippen molar-refractivity contribution >= 4 is 11.6 Å². The second-order valence-electron chi connectivity index (χ2n) is 3.07. The predicted octanol–water partition coefficient (Wildman–Crippen LogP) is 2.87. The van der Waals surface area contributed by atoms with Crippen molar-refractivity contribution in [2.45, 2.75) is 6.43 Å². The highest BCUT2D eigenvalue weighted by Gasteiger charge is 2.04. The molecule has 0 saturated heterocycles. The normalized spacial score (nSPS) is 10.3. The van der Waals surface area contributed by atoms with Crippen LogP contribution in [0.2, 0.25) is 5.02 Å². The van der Waals surface area contributed by atoms with E-state index in [4.69, 9.17) is 21.6 Å². The van der Waals surface area contributed by atoms with Crippen molar-refractivity contribution < 1.29 is 18.3 Å². The lowest BCUT2D eigenvalue weighted by Crippen LogP contribution is -2.11. The summed E-state index contributed by atoms with van der Waals surface area (Å²) in [6.45, 7) is -0.427. The summed E-state index contributed by atoms with van der Waals surface area (Å²) in [5.41, 5.74) is 0.427. The van der Waals surface area contributed by atoms with Crippen LogP contribution < -0.4 is 4.74 Å². The Morgan fingerprint density at radius 1 is 1.35 bits per heavy atom. The molecule has 3 nitrogen and oxygen atoms in total. The fraction of sp³-hybridized carbons (Fsp3) is 0.364. The number of rotatable bonds is 6. The monoisotopic (exact) mass is 261 g/mol. The molecule has 0 N–H and O–H groups in total. The van der Waals surface area contributed by atoms with E-state index in [1.807, 2.05) is 6.07 Å². The highest BCUT2D eigenvalue weighted by molar-refractivity contribution is 6.32. The van der Waals surface area contributed by atoms with Gasteiger partial charge in [-0.1, -0.05) is 11.6 Å². The number of ether oxygens (including phenoxy) is 2. The van der Waals surface area contributed by atoms with Gasteiger partial charge in [0.15, 0.2) is 0 Å². The van der Waals surface area contributed by atoms with E-state index in [1.54, 1.807) is 12.1 Å². The molecule has 0 radical (unpaired) electrons. The van der Waals surface area contributed by atoms with Crippen molar-refractivity contribution in [3.8, 4) is 11.8 Å². The van der Waals surface area contributed by atoms with E-state index < -0.39 is 13.0 Å². The van der Waals surface area contributed by atoms with Crippen molar-refractivity contribution in [1.82, 2.24) is 0 Å². The maximum Gasteiger partial charge on any atom is 0.261 e. The molecular formula is C11H10ClF2NO2. The highest BCUT2D eigenvalue weighted by Crippen LogP contribution is 2.24. The first-order valence-corrected chi connectivity index (χ1v) is 5.19. The van der Waals surface area contributed by atoms with Crippen LogP contribution in [0.5, 0.6) is 5.75 Å². The summed E-state index contributed by atoms with van der Waals surface area (Å²) in [6, 6.07) is 6.51. The van der Waals surface area contributed by atoms with Crippen LogP contribution in [-0.2, 0) is 4.74 Å².